The second kappa shape index (κ2) is 7.06. The van der Waals surface area contributed by atoms with E-state index >= 15 is 0 Å². The van der Waals surface area contributed by atoms with Crippen LogP contribution in [0.2, 0.25) is 0 Å². The second-order valence-electron chi connectivity index (χ2n) is 2.41. The molecule has 0 bridgehead atoms. The molecule has 0 aliphatic heterocycles. The Labute approximate surface area is 85.1 Å². The monoisotopic (exact) mass is 195 g/mol. The number of aryl methyl sites for hydroxylation is 1. The number of nitrogens with zero attached hydrogens (tertiary/aromatic N) is 1. The SMILES string of the molecule is CC.CCOC(=O)c1ccc(C)nc1. The van der Waals surface area contributed by atoms with Crippen molar-refractivity contribution >= 4 is 5.97 Å². The molecule has 0 aliphatic carbocycles. The van der Waals surface area contributed by atoms with Crippen molar-refractivity contribution in [2.24, 2.45) is 0 Å². The molecule has 0 atom stereocenters. The van der Waals surface area contributed by atoms with Crippen molar-refractivity contribution in [2.45, 2.75) is 27.7 Å². The summed E-state index contributed by atoms with van der Waals surface area (Å²) in [5, 5.41) is 0. The molecule has 0 saturated carbocycles. The highest BCUT2D eigenvalue weighted by Crippen LogP contribution is 2.00. The predicted octanol–water partition coefficient (Wildman–Crippen LogP) is 2.59. The Balaban J connectivity index is 0.000000791. The summed E-state index contributed by atoms with van der Waals surface area (Å²) < 4.78 is 4.79. The maximum absolute atomic E-state index is 11.1. The molecule has 3 nitrogen and oxygen atoms in total. The summed E-state index contributed by atoms with van der Waals surface area (Å²) in [6.45, 7) is 8.04. The number of carbonyl (C=O) groups excluding carboxylic acids is 1. The molecule has 0 spiro atoms. The predicted molar refractivity (Wildman–Crippen MR) is 56.3 cm³/mol. The molecule has 1 heterocycles. The van der Waals surface area contributed by atoms with E-state index in [1.807, 2.05) is 20.8 Å². The molecule has 0 aliphatic rings. The van der Waals surface area contributed by atoms with Crippen LogP contribution in [-0.2, 0) is 4.74 Å². The number of aromatic nitrogens is 1. The van der Waals surface area contributed by atoms with Crippen LogP contribution in [-0.4, -0.2) is 17.6 Å². The average molecular weight is 195 g/mol. The van der Waals surface area contributed by atoms with E-state index in [-0.39, 0.29) is 5.97 Å². The minimum Gasteiger partial charge on any atom is -0.462 e. The quantitative estimate of drug-likeness (QED) is 0.681. The van der Waals surface area contributed by atoms with Gasteiger partial charge in [0.05, 0.1) is 12.2 Å². The van der Waals surface area contributed by atoms with E-state index in [2.05, 4.69) is 4.98 Å². The highest BCUT2D eigenvalue weighted by molar-refractivity contribution is 5.88. The minimum atomic E-state index is -0.315. The first kappa shape index (κ1) is 12.6. The molecule has 0 N–H and O–H groups in total. The number of carbonyl (C=O) groups is 1. The maximum Gasteiger partial charge on any atom is 0.339 e. The van der Waals surface area contributed by atoms with Crippen LogP contribution in [0.1, 0.15) is 36.8 Å². The minimum absolute atomic E-state index is 0.315. The largest absolute Gasteiger partial charge is 0.462 e. The van der Waals surface area contributed by atoms with Gasteiger partial charge in [-0.1, -0.05) is 13.8 Å². The van der Waals surface area contributed by atoms with Crippen LogP contribution in [0.4, 0.5) is 0 Å². The summed E-state index contributed by atoms with van der Waals surface area (Å²) in [6.07, 6.45) is 1.52. The fourth-order valence-electron chi connectivity index (χ4n) is 0.803. The molecular weight excluding hydrogens is 178 g/mol. The smallest absolute Gasteiger partial charge is 0.339 e. The van der Waals surface area contributed by atoms with Crippen molar-refractivity contribution in [3.8, 4) is 0 Å². The van der Waals surface area contributed by atoms with Crippen molar-refractivity contribution in [2.75, 3.05) is 6.61 Å². The molecule has 0 saturated heterocycles. The lowest BCUT2D eigenvalue weighted by atomic mass is 10.2. The van der Waals surface area contributed by atoms with E-state index in [0.29, 0.717) is 12.2 Å². The van der Waals surface area contributed by atoms with Gasteiger partial charge in [-0.05, 0) is 26.0 Å². The Hall–Kier alpha value is -1.38. The molecule has 1 aromatic heterocycles. The number of esters is 1. The van der Waals surface area contributed by atoms with Gasteiger partial charge in [-0.3, -0.25) is 4.98 Å². The van der Waals surface area contributed by atoms with E-state index < -0.39 is 0 Å². The third-order valence-electron chi connectivity index (χ3n) is 1.42. The topological polar surface area (TPSA) is 39.2 Å². The molecular formula is C11H17NO2. The normalized spacial score (nSPS) is 8.57. The fraction of sp³-hybridized carbons (Fsp3) is 0.455. The Morgan fingerprint density at radius 1 is 1.43 bits per heavy atom. The van der Waals surface area contributed by atoms with E-state index in [0.717, 1.165) is 5.69 Å². The summed E-state index contributed by atoms with van der Waals surface area (Å²) in [5.74, 6) is -0.315. The van der Waals surface area contributed by atoms with E-state index in [4.69, 9.17) is 4.74 Å². The second-order valence-corrected chi connectivity index (χ2v) is 2.41. The van der Waals surface area contributed by atoms with Crippen molar-refractivity contribution in [3.05, 3.63) is 29.6 Å². The van der Waals surface area contributed by atoms with Gasteiger partial charge in [0.2, 0.25) is 0 Å². The average Bonchev–Trinajstić information content (AvgIpc) is 2.22. The van der Waals surface area contributed by atoms with Crippen molar-refractivity contribution in [3.63, 3.8) is 0 Å². The molecule has 0 fully saturated rings. The van der Waals surface area contributed by atoms with Crippen LogP contribution in [0.25, 0.3) is 0 Å². The Morgan fingerprint density at radius 3 is 2.50 bits per heavy atom. The highest BCUT2D eigenvalue weighted by atomic mass is 16.5. The van der Waals surface area contributed by atoms with Crippen LogP contribution in [0.15, 0.2) is 18.3 Å². The Bertz CT molecular complexity index is 267. The van der Waals surface area contributed by atoms with Crippen LogP contribution >= 0.6 is 0 Å². The van der Waals surface area contributed by atoms with Crippen LogP contribution in [0, 0.1) is 6.92 Å². The number of rotatable bonds is 2. The van der Waals surface area contributed by atoms with Gasteiger partial charge in [-0.2, -0.15) is 0 Å². The Morgan fingerprint density at radius 2 is 2.07 bits per heavy atom. The van der Waals surface area contributed by atoms with Gasteiger partial charge in [-0.25, -0.2) is 4.79 Å². The lowest BCUT2D eigenvalue weighted by Gasteiger charge is -2.00. The molecule has 3 heteroatoms. The van der Waals surface area contributed by atoms with Gasteiger partial charge in [0.25, 0.3) is 0 Å². The molecule has 0 aromatic carbocycles. The zero-order chi connectivity index (χ0) is 11.0. The fourth-order valence-corrected chi connectivity index (χ4v) is 0.803. The standard InChI is InChI=1S/C9H11NO2.C2H6/c1-3-12-9(11)8-5-4-7(2)10-6-8;1-2/h4-6H,3H2,1-2H3;1-2H3. The van der Waals surface area contributed by atoms with E-state index in [1.54, 1.807) is 19.1 Å². The lowest BCUT2D eigenvalue weighted by Crippen LogP contribution is -2.04. The van der Waals surface area contributed by atoms with Crippen molar-refractivity contribution < 1.29 is 9.53 Å². The van der Waals surface area contributed by atoms with Crippen LogP contribution < -0.4 is 0 Å². The van der Waals surface area contributed by atoms with Crippen molar-refractivity contribution in [1.82, 2.24) is 4.98 Å². The molecule has 0 amide bonds. The number of ether oxygens (including phenoxy) is 1. The zero-order valence-electron chi connectivity index (χ0n) is 9.20. The molecule has 78 valence electrons. The maximum atomic E-state index is 11.1. The van der Waals surface area contributed by atoms with Crippen LogP contribution in [0.5, 0.6) is 0 Å². The Kier molecular flexibility index (Phi) is 6.37. The van der Waals surface area contributed by atoms with E-state index in [1.165, 1.54) is 6.20 Å². The summed E-state index contributed by atoms with van der Waals surface area (Å²) in [4.78, 5) is 15.1. The first-order chi connectivity index (χ1) is 6.74. The third kappa shape index (κ3) is 4.03. The first-order valence-corrected chi connectivity index (χ1v) is 4.84. The lowest BCUT2D eigenvalue weighted by molar-refractivity contribution is 0.0526. The molecule has 0 unspecified atom stereocenters. The number of hydrogen-bond acceptors (Lipinski definition) is 3. The first-order valence-electron chi connectivity index (χ1n) is 4.84. The van der Waals surface area contributed by atoms with Gasteiger partial charge in [0.15, 0.2) is 0 Å². The summed E-state index contributed by atoms with van der Waals surface area (Å²) >= 11 is 0. The summed E-state index contributed by atoms with van der Waals surface area (Å²) in [7, 11) is 0. The molecule has 0 radical (unpaired) electrons. The number of hydrogen-bond donors (Lipinski definition) is 0. The molecule has 1 aromatic rings. The summed E-state index contributed by atoms with van der Waals surface area (Å²) in [5.41, 5.74) is 1.39. The van der Waals surface area contributed by atoms with Crippen molar-refractivity contribution in [1.29, 1.82) is 0 Å². The number of pyridine rings is 1. The molecule has 14 heavy (non-hydrogen) atoms. The van der Waals surface area contributed by atoms with Gasteiger partial charge < -0.3 is 4.74 Å². The van der Waals surface area contributed by atoms with Gasteiger partial charge in [0.1, 0.15) is 0 Å². The van der Waals surface area contributed by atoms with Gasteiger partial charge in [-0.15, -0.1) is 0 Å². The van der Waals surface area contributed by atoms with Gasteiger partial charge in [0, 0.05) is 11.9 Å². The highest BCUT2D eigenvalue weighted by Gasteiger charge is 2.04. The zero-order valence-corrected chi connectivity index (χ0v) is 9.20. The molecule has 1 rings (SSSR count). The van der Waals surface area contributed by atoms with E-state index in [9.17, 15) is 4.79 Å². The van der Waals surface area contributed by atoms with Gasteiger partial charge >= 0.3 is 5.97 Å². The van der Waals surface area contributed by atoms with Crippen LogP contribution in [0.3, 0.4) is 0 Å². The third-order valence-corrected chi connectivity index (χ3v) is 1.42. The summed E-state index contributed by atoms with van der Waals surface area (Å²) in [6, 6.07) is 3.49.